The molecule has 0 saturated carbocycles. The van der Waals surface area contributed by atoms with Crippen LogP contribution in [0.4, 0.5) is 11.4 Å². The minimum absolute atomic E-state index is 0.0999. The maximum atomic E-state index is 12.8. The molecule has 3 rings (SSSR count). The third-order valence-corrected chi connectivity index (χ3v) is 6.45. The Morgan fingerprint density at radius 3 is 2.18 bits per heavy atom. The fourth-order valence-corrected chi connectivity index (χ4v) is 4.25. The lowest BCUT2D eigenvalue weighted by atomic mass is 10.1. The second kappa shape index (κ2) is 10.4. The van der Waals surface area contributed by atoms with Gasteiger partial charge in [0.25, 0.3) is 15.9 Å². The van der Waals surface area contributed by atoms with E-state index in [9.17, 15) is 13.2 Å². The molecular weight excluding hydrogens is 440 g/mol. The van der Waals surface area contributed by atoms with Gasteiger partial charge in [-0.2, -0.15) is 0 Å². The van der Waals surface area contributed by atoms with Crippen molar-refractivity contribution < 1.29 is 22.7 Å². The van der Waals surface area contributed by atoms with Gasteiger partial charge in [0.05, 0.1) is 17.7 Å². The lowest BCUT2D eigenvalue weighted by molar-refractivity contribution is -0.122. The van der Waals surface area contributed by atoms with Gasteiger partial charge in [-0.15, -0.1) is 0 Å². The van der Waals surface area contributed by atoms with E-state index in [2.05, 4.69) is 10.0 Å². The van der Waals surface area contributed by atoms with Crippen molar-refractivity contribution >= 4 is 27.3 Å². The molecule has 174 valence electrons. The van der Waals surface area contributed by atoms with Crippen molar-refractivity contribution in [1.82, 2.24) is 0 Å². The summed E-state index contributed by atoms with van der Waals surface area (Å²) in [5.41, 5.74) is 2.80. The van der Waals surface area contributed by atoms with Crippen LogP contribution in [0, 0.1) is 13.8 Å². The summed E-state index contributed by atoms with van der Waals surface area (Å²) in [5.74, 6) is 0.927. The highest BCUT2D eigenvalue weighted by Gasteiger charge is 2.20. The van der Waals surface area contributed by atoms with Gasteiger partial charge in [-0.25, -0.2) is 8.42 Å². The Kier molecular flexibility index (Phi) is 7.60. The molecule has 1 atom stereocenters. The van der Waals surface area contributed by atoms with E-state index in [1.807, 2.05) is 32.9 Å². The number of aryl methyl sites for hydroxylation is 2. The van der Waals surface area contributed by atoms with Crippen LogP contribution in [0.1, 0.15) is 24.5 Å². The molecule has 0 bridgehead atoms. The van der Waals surface area contributed by atoms with Crippen molar-refractivity contribution in [2.75, 3.05) is 17.1 Å². The summed E-state index contributed by atoms with van der Waals surface area (Å²) >= 11 is 0. The standard InChI is InChI=1S/C25H28N2O5S/c1-5-24(32-21-12-10-20(31-4)11-13-21)25(28)26-19-8-14-22(15-9-19)33(29,30)27-23-16-17(2)6-7-18(23)3/h6-16,24,27H,5H2,1-4H3,(H,26,28)/t24-/m0/s1. The number of nitrogens with one attached hydrogen (secondary N) is 2. The third-order valence-electron chi connectivity index (χ3n) is 5.07. The first-order valence-corrected chi connectivity index (χ1v) is 12.0. The largest absolute Gasteiger partial charge is 0.497 e. The summed E-state index contributed by atoms with van der Waals surface area (Å²) in [4.78, 5) is 12.8. The maximum Gasteiger partial charge on any atom is 0.265 e. The van der Waals surface area contributed by atoms with Gasteiger partial charge in [0.1, 0.15) is 11.5 Å². The van der Waals surface area contributed by atoms with Crippen LogP contribution in [0.2, 0.25) is 0 Å². The third kappa shape index (κ3) is 6.26. The van der Waals surface area contributed by atoms with Gasteiger partial charge >= 0.3 is 0 Å². The molecule has 0 radical (unpaired) electrons. The Morgan fingerprint density at radius 1 is 0.939 bits per heavy atom. The molecule has 2 N–H and O–H groups in total. The number of anilines is 2. The summed E-state index contributed by atoms with van der Waals surface area (Å²) < 4.78 is 39.1. The first-order valence-electron chi connectivity index (χ1n) is 10.5. The predicted octanol–water partition coefficient (Wildman–Crippen LogP) is 4.91. The van der Waals surface area contributed by atoms with Crippen LogP contribution < -0.4 is 19.5 Å². The van der Waals surface area contributed by atoms with Gasteiger partial charge in [0.15, 0.2) is 6.10 Å². The Bertz CT molecular complexity index is 1210. The van der Waals surface area contributed by atoms with Crippen LogP contribution >= 0.6 is 0 Å². The number of amides is 1. The van der Waals surface area contributed by atoms with Crippen LogP contribution in [0.15, 0.2) is 71.6 Å². The number of ether oxygens (including phenoxy) is 2. The van der Waals surface area contributed by atoms with Gasteiger partial charge in [-0.1, -0.05) is 19.1 Å². The van der Waals surface area contributed by atoms with E-state index in [4.69, 9.17) is 9.47 Å². The fourth-order valence-electron chi connectivity index (χ4n) is 3.13. The summed E-state index contributed by atoms with van der Waals surface area (Å²) in [6, 6.07) is 18.6. The van der Waals surface area contributed by atoms with E-state index >= 15 is 0 Å². The molecule has 3 aromatic carbocycles. The van der Waals surface area contributed by atoms with Gasteiger partial charge in [-0.3, -0.25) is 9.52 Å². The highest BCUT2D eigenvalue weighted by Crippen LogP contribution is 2.23. The van der Waals surface area contributed by atoms with Gasteiger partial charge in [-0.05, 0) is 86.0 Å². The first-order chi connectivity index (χ1) is 15.7. The Balaban J connectivity index is 1.67. The number of sulfonamides is 1. The summed E-state index contributed by atoms with van der Waals surface area (Å²) in [5, 5.41) is 2.78. The SMILES string of the molecule is CC[C@H](Oc1ccc(OC)cc1)C(=O)Nc1ccc(S(=O)(=O)Nc2cc(C)ccc2C)cc1. The quantitative estimate of drug-likeness (QED) is 0.465. The highest BCUT2D eigenvalue weighted by atomic mass is 32.2. The van der Waals surface area contributed by atoms with Gasteiger partial charge in [0, 0.05) is 5.69 Å². The topological polar surface area (TPSA) is 93.7 Å². The smallest absolute Gasteiger partial charge is 0.265 e. The molecule has 0 aliphatic heterocycles. The lowest BCUT2D eigenvalue weighted by Crippen LogP contribution is -2.32. The molecule has 33 heavy (non-hydrogen) atoms. The normalized spacial score (nSPS) is 12.0. The average molecular weight is 469 g/mol. The molecule has 0 spiro atoms. The Labute approximate surface area is 194 Å². The van der Waals surface area contributed by atoms with Crippen molar-refractivity contribution in [3.63, 3.8) is 0 Å². The number of methoxy groups -OCH3 is 1. The maximum absolute atomic E-state index is 12.8. The van der Waals surface area contributed by atoms with E-state index in [1.54, 1.807) is 49.6 Å². The molecule has 0 heterocycles. The molecule has 8 heteroatoms. The first kappa shape index (κ1) is 24.1. The molecule has 0 fully saturated rings. The van der Waals surface area contributed by atoms with Gasteiger partial charge in [0.2, 0.25) is 0 Å². The second-order valence-corrected chi connectivity index (χ2v) is 9.31. The fraction of sp³-hybridized carbons (Fsp3) is 0.240. The van der Waals surface area contributed by atoms with E-state index < -0.39 is 16.1 Å². The van der Waals surface area contributed by atoms with Gasteiger partial charge < -0.3 is 14.8 Å². The molecule has 0 aromatic heterocycles. The predicted molar refractivity (Wildman–Crippen MR) is 129 cm³/mol. The average Bonchev–Trinajstić information content (AvgIpc) is 2.80. The Morgan fingerprint density at radius 2 is 1.58 bits per heavy atom. The zero-order valence-corrected chi connectivity index (χ0v) is 19.9. The Hall–Kier alpha value is -3.52. The monoisotopic (exact) mass is 468 g/mol. The molecule has 0 aliphatic carbocycles. The van der Waals surface area contributed by atoms with Crippen molar-refractivity contribution in [2.24, 2.45) is 0 Å². The molecule has 0 aliphatic rings. The van der Waals surface area contributed by atoms with Crippen molar-refractivity contribution in [3.05, 3.63) is 77.9 Å². The second-order valence-electron chi connectivity index (χ2n) is 7.63. The van der Waals surface area contributed by atoms with Crippen LogP contribution in [-0.4, -0.2) is 27.5 Å². The van der Waals surface area contributed by atoms with E-state index in [-0.39, 0.29) is 10.8 Å². The zero-order valence-electron chi connectivity index (χ0n) is 19.1. The number of hydrogen-bond donors (Lipinski definition) is 2. The highest BCUT2D eigenvalue weighted by molar-refractivity contribution is 7.92. The van der Waals surface area contributed by atoms with Crippen molar-refractivity contribution in [1.29, 1.82) is 0 Å². The van der Waals surface area contributed by atoms with E-state index in [0.29, 0.717) is 29.3 Å². The molecule has 7 nitrogen and oxygen atoms in total. The van der Waals surface area contributed by atoms with Crippen molar-refractivity contribution in [2.45, 2.75) is 38.2 Å². The molecule has 0 saturated heterocycles. The van der Waals surface area contributed by atoms with Crippen LogP contribution in [-0.2, 0) is 14.8 Å². The minimum Gasteiger partial charge on any atom is -0.497 e. The van der Waals surface area contributed by atoms with Crippen LogP contribution in [0.25, 0.3) is 0 Å². The summed E-state index contributed by atoms with van der Waals surface area (Å²) in [7, 11) is -2.19. The number of hydrogen-bond acceptors (Lipinski definition) is 5. The molecule has 0 unspecified atom stereocenters. The molecule has 3 aromatic rings. The summed E-state index contributed by atoms with van der Waals surface area (Å²) in [6.07, 6.45) is -0.239. The molecular formula is C25H28N2O5S. The number of carbonyl (C=O) groups is 1. The van der Waals surface area contributed by atoms with E-state index in [1.165, 1.54) is 12.1 Å². The number of benzene rings is 3. The molecule has 1 amide bonds. The van der Waals surface area contributed by atoms with E-state index in [0.717, 1.165) is 11.1 Å². The zero-order chi connectivity index (χ0) is 24.0. The minimum atomic E-state index is -3.76. The summed E-state index contributed by atoms with van der Waals surface area (Å²) in [6.45, 7) is 5.59. The number of rotatable bonds is 9. The number of carbonyl (C=O) groups excluding carboxylic acids is 1. The lowest BCUT2D eigenvalue weighted by Gasteiger charge is -2.18. The van der Waals surface area contributed by atoms with Crippen molar-refractivity contribution in [3.8, 4) is 11.5 Å². The van der Waals surface area contributed by atoms with Crippen LogP contribution in [0.3, 0.4) is 0 Å². The van der Waals surface area contributed by atoms with Crippen LogP contribution in [0.5, 0.6) is 11.5 Å².